The van der Waals surface area contributed by atoms with Gasteiger partial charge in [0.25, 0.3) is 0 Å². The lowest BCUT2D eigenvalue weighted by Gasteiger charge is -2.35. The van der Waals surface area contributed by atoms with Crippen LogP contribution in [-0.4, -0.2) is 42.0 Å². The molecule has 0 atom stereocenters. The van der Waals surface area contributed by atoms with E-state index >= 15 is 0 Å². The third-order valence-corrected chi connectivity index (χ3v) is 4.69. The lowest BCUT2D eigenvalue weighted by Crippen LogP contribution is -2.47. The molecule has 0 heterocycles. The van der Waals surface area contributed by atoms with Gasteiger partial charge in [-0.15, -0.1) is 24.0 Å². The molecule has 2 rings (SSSR count). The molecule has 3 N–H and O–H groups in total. The number of rotatable bonds is 4. The summed E-state index contributed by atoms with van der Waals surface area (Å²) in [6.45, 7) is 2.97. The second-order valence-corrected chi connectivity index (χ2v) is 6.51. The molecule has 0 aromatic heterocycles. The Labute approximate surface area is 152 Å². The number of aliphatic imine (C=N–C) groups is 1. The molecule has 0 spiro atoms. The molecule has 8 heteroatoms. The molecule has 0 aliphatic heterocycles. The second-order valence-electron chi connectivity index (χ2n) is 6.51. The maximum absolute atomic E-state index is 12.7. The van der Waals surface area contributed by atoms with Gasteiger partial charge in [-0.2, -0.15) is 13.2 Å². The molecule has 0 aromatic carbocycles. The van der Waals surface area contributed by atoms with E-state index in [1.165, 1.54) is 0 Å². The minimum Gasteiger partial charge on any atom is -0.388 e. The first-order chi connectivity index (χ1) is 10.3. The maximum Gasteiger partial charge on any atom is 0.391 e. The van der Waals surface area contributed by atoms with Crippen LogP contribution >= 0.6 is 24.0 Å². The Morgan fingerprint density at radius 2 is 1.83 bits per heavy atom. The van der Waals surface area contributed by atoms with Crippen molar-refractivity contribution in [1.29, 1.82) is 0 Å². The Balaban J connectivity index is 0.00000264. The lowest BCUT2D eigenvalue weighted by molar-refractivity contribution is -0.182. The fourth-order valence-electron chi connectivity index (χ4n) is 3.05. The number of hydrogen-bond donors (Lipinski definition) is 3. The summed E-state index contributed by atoms with van der Waals surface area (Å²) in [5.41, 5.74) is -0.684. The average Bonchev–Trinajstić information content (AvgIpc) is 2.42. The Morgan fingerprint density at radius 3 is 2.26 bits per heavy atom. The summed E-state index contributed by atoms with van der Waals surface area (Å²) < 4.78 is 38.0. The third kappa shape index (κ3) is 6.28. The van der Waals surface area contributed by atoms with Gasteiger partial charge in [0.2, 0.25) is 0 Å². The number of nitrogens with zero attached hydrogens (tertiary/aromatic N) is 1. The Kier molecular flexibility index (Phi) is 7.89. The van der Waals surface area contributed by atoms with Crippen molar-refractivity contribution in [1.82, 2.24) is 10.6 Å². The van der Waals surface area contributed by atoms with Crippen LogP contribution in [-0.2, 0) is 0 Å². The second kappa shape index (κ2) is 8.73. The van der Waals surface area contributed by atoms with E-state index in [4.69, 9.17) is 0 Å². The van der Waals surface area contributed by atoms with E-state index in [9.17, 15) is 18.3 Å². The molecule has 0 unspecified atom stereocenters. The normalized spacial score (nSPS) is 27.6. The molecule has 0 bridgehead atoms. The first kappa shape index (κ1) is 20.8. The van der Waals surface area contributed by atoms with Crippen molar-refractivity contribution in [2.45, 2.75) is 69.7 Å². The van der Waals surface area contributed by atoms with E-state index in [-0.39, 0.29) is 42.9 Å². The van der Waals surface area contributed by atoms with E-state index in [2.05, 4.69) is 15.6 Å². The Morgan fingerprint density at radius 1 is 1.22 bits per heavy atom. The summed E-state index contributed by atoms with van der Waals surface area (Å²) in [5, 5.41) is 16.4. The Hall–Kier alpha value is -0.250. The Bertz CT molecular complexity index is 392. The quantitative estimate of drug-likeness (QED) is 0.351. The molecular weight excluding hydrogens is 422 g/mol. The first-order valence-corrected chi connectivity index (χ1v) is 8.16. The summed E-state index contributed by atoms with van der Waals surface area (Å²) >= 11 is 0. The van der Waals surface area contributed by atoms with Crippen LogP contribution in [0, 0.1) is 5.92 Å². The van der Waals surface area contributed by atoms with Gasteiger partial charge in [-0.3, -0.25) is 4.99 Å². The molecule has 2 aliphatic rings. The van der Waals surface area contributed by atoms with Crippen molar-refractivity contribution >= 4 is 29.9 Å². The number of aliphatic hydroxyl groups is 1. The zero-order valence-electron chi connectivity index (χ0n) is 13.5. The van der Waals surface area contributed by atoms with Crippen LogP contribution < -0.4 is 10.6 Å². The highest BCUT2D eigenvalue weighted by Gasteiger charge is 2.41. The van der Waals surface area contributed by atoms with E-state index in [1.807, 2.05) is 6.92 Å². The van der Waals surface area contributed by atoms with E-state index in [0.29, 0.717) is 31.9 Å². The van der Waals surface area contributed by atoms with Gasteiger partial charge in [0, 0.05) is 12.6 Å². The molecular formula is C15H27F3IN3O. The highest BCUT2D eigenvalue weighted by molar-refractivity contribution is 14.0. The standard InChI is InChI=1S/C15H26F3N3O.HI/c1-2-19-13(20-10-14(22)8-3-9-14)21-12-6-4-11(5-7-12)15(16,17)18;/h11-12,22H,2-10H2,1H3,(H2,19,20,21);1H. The molecule has 0 aromatic rings. The van der Waals surface area contributed by atoms with Crippen LogP contribution in [0.15, 0.2) is 4.99 Å². The summed E-state index contributed by atoms with van der Waals surface area (Å²) in [6.07, 6.45) is -0.166. The molecule has 4 nitrogen and oxygen atoms in total. The van der Waals surface area contributed by atoms with Crippen LogP contribution in [0.5, 0.6) is 0 Å². The van der Waals surface area contributed by atoms with Gasteiger partial charge in [0.15, 0.2) is 5.96 Å². The lowest BCUT2D eigenvalue weighted by atomic mass is 9.80. The van der Waals surface area contributed by atoms with Crippen molar-refractivity contribution in [2.75, 3.05) is 13.1 Å². The van der Waals surface area contributed by atoms with Crippen molar-refractivity contribution in [3.63, 3.8) is 0 Å². The predicted molar refractivity (Wildman–Crippen MR) is 95.1 cm³/mol. The van der Waals surface area contributed by atoms with Crippen molar-refractivity contribution < 1.29 is 18.3 Å². The minimum absolute atomic E-state index is 0. The summed E-state index contributed by atoms with van der Waals surface area (Å²) in [4.78, 5) is 4.39. The van der Waals surface area contributed by atoms with Gasteiger partial charge in [0.1, 0.15) is 0 Å². The number of nitrogens with one attached hydrogen (secondary N) is 2. The van der Waals surface area contributed by atoms with Gasteiger partial charge in [0.05, 0.1) is 18.1 Å². The van der Waals surface area contributed by atoms with Gasteiger partial charge in [-0.05, 0) is 51.9 Å². The highest BCUT2D eigenvalue weighted by atomic mass is 127. The number of halogens is 4. The molecule has 2 fully saturated rings. The smallest absolute Gasteiger partial charge is 0.388 e. The zero-order valence-corrected chi connectivity index (χ0v) is 15.8. The van der Waals surface area contributed by atoms with Crippen LogP contribution in [0.25, 0.3) is 0 Å². The SMILES string of the molecule is CCNC(=NCC1(O)CCC1)NC1CCC(C(F)(F)F)CC1.I. The van der Waals surface area contributed by atoms with Crippen molar-refractivity contribution in [3.05, 3.63) is 0 Å². The molecule has 23 heavy (non-hydrogen) atoms. The summed E-state index contributed by atoms with van der Waals surface area (Å²) in [6, 6.07) is 0.0208. The van der Waals surface area contributed by atoms with Crippen molar-refractivity contribution in [2.24, 2.45) is 10.9 Å². The summed E-state index contributed by atoms with van der Waals surface area (Å²) in [7, 11) is 0. The number of alkyl halides is 3. The fourth-order valence-corrected chi connectivity index (χ4v) is 3.05. The molecule has 0 saturated heterocycles. The molecule has 2 saturated carbocycles. The predicted octanol–water partition coefficient (Wildman–Crippen LogP) is 3.20. The van der Waals surface area contributed by atoms with E-state index in [1.54, 1.807) is 0 Å². The molecule has 0 amide bonds. The fraction of sp³-hybridized carbons (Fsp3) is 0.933. The van der Waals surface area contributed by atoms with E-state index < -0.39 is 17.7 Å². The maximum atomic E-state index is 12.7. The summed E-state index contributed by atoms with van der Waals surface area (Å²) in [5.74, 6) is -0.570. The van der Waals surface area contributed by atoms with Gasteiger partial charge < -0.3 is 15.7 Å². The van der Waals surface area contributed by atoms with Crippen LogP contribution in [0.1, 0.15) is 51.9 Å². The highest BCUT2D eigenvalue weighted by Crippen LogP contribution is 2.37. The van der Waals surface area contributed by atoms with E-state index in [0.717, 1.165) is 19.3 Å². The van der Waals surface area contributed by atoms with Gasteiger partial charge in [-0.25, -0.2) is 0 Å². The molecule has 0 radical (unpaired) electrons. The molecule has 2 aliphatic carbocycles. The van der Waals surface area contributed by atoms with Crippen LogP contribution in [0.3, 0.4) is 0 Å². The van der Waals surface area contributed by atoms with Crippen LogP contribution in [0.4, 0.5) is 13.2 Å². The monoisotopic (exact) mass is 449 g/mol. The van der Waals surface area contributed by atoms with Crippen LogP contribution in [0.2, 0.25) is 0 Å². The molecule has 136 valence electrons. The minimum atomic E-state index is -4.07. The van der Waals surface area contributed by atoms with Gasteiger partial charge >= 0.3 is 6.18 Å². The van der Waals surface area contributed by atoms with Gasteiger partial charge in [-0.1, -0.05) is 0 Å². The third-order valence-electron chi connectivity index (χ3n) is 4.69. The zero-order chi connectivity index (χ0) is 16.2. The van der Waals surface area contributed by atoms with Crippen molar-refractivity contribution in [3.8, 4) is 0 Å². The number of hydrogen-bond acceptors (Lipinski definition) is 2. The largest absolute Gasteiger partial charge is 0.391 e. The average molecular weight is 449 g/mol. The first-order valence-electron chi connectivity index (χ1n) is 8.16. The number of guanidine groups is 1. The topological polar surface area (TPSA) is 56.7 Å².